The molecular formula is C16H23ClN2. The van der Waals surface area contributed by atoms with E-state index < -0.39 is 0 Å². The van der Waals surface area contributed by atoms with E-state index in [1.165, 1.54) is 43.4 Å². The molecule has 1 saturated carbocycles. The van der Waals surface area contributed by atoms with Crippen LogP contribution >= 0.6 is 11.6 Å². The smallest absolute Gasteiger partial charge is 0.0455 e. The number of nitrogens with one attached hydrogen (secondary N) is 1. The Morgan fingerprint density at radius 3 is 2.79 bits per heavy atom. The van der Waals surface area contributed by atoms with Crippen molar-refractivity contribution in [3.63, 3.8) is 0 Å². The fourth-order valence-electron chi connectivity index (χ4n) is 3.66. The molecular weight excluding hydrogens is 256 g/mol. The van der Waals surface area contributed by atoms with Gasteiger partial charge in [-0.3, -0.25) is 0 Å². The molecule has 0 atom stereocenters. The Hall–Kier alpha value is -0.730. The van der Waals surface area contributed by atoms with Crippen LogP contribution in [0.25, 0.3) is 0 Å². The summed E-state index contributed by atoms with van der Waals surface area (Å²) in [7, 11) is 0. The van der Waals surface area contributed by atoms with Crippen LogP contribution in [0.15, 0.2) is 18.2 Å². The highest BCUT2D eigenvalue weighted by Crippen LogP contribution is 2.34. The van der Waals surface area contributed by atoms with Gasteiger partial charge in [-0.15, -0.1) is 0 Å². The summed E-state index contributed by atoms with van der Waals surface area (Å²) in [5.74, 6) is 0. The van der Waals surface area contributed by atoms with Crippen molar-refractivity contribution >= 4 is 17.3 Å². The Balaban J connectivity index is 1.83. The van der Waals surface area contributed by atoms with Gasteiger partial charge >= 0.3 is 0 Å². The average Bonchev–Trinajstić information content (AvgIpc) is 2.43. The molecule has 3 heteroatoms. The molecule has 1 aliphatic carbocycles. The van der Waals surface area contributed by atoms with Gasteiger partial charge in [0.1, 0.15) is 0 Å². The number of piperazine rings is 1. The van der Waals surface area contributed by atoms with Crippen LogP contribution in [0.1, 0.15) is 37.7 Å². The summed E-state index contributed by atoms with van der Waals surface area (Å²) in [5, 5.41) is 4.68. The van der Waals surface area contributed by atoms with Crippen molar-refractivity contribution in [1.29, 1.82) is 0 Å². The van der Waals surface area contributed by atoms with E-state index in [9.17, 15) is 0 Å². The highest BCUT2D eigenvalue weighted by Gasteiger charge is 2.36. The Morgan fingerprint density at radius 2 is 2.00 bits per heavy atom. The maximum absolute atomic E-state index is 6.27. The third kappa shape index (κ3) is 2.61. The fraction of sp³-hybridized carbons (Fsp3) is 0.625. The number of hydrogen-bond donors (Lipinski definition) is 1. The van der Waals surface area contributed by atoms with Crippen LogP contribution in [0.4, 0.5) is 5.69 Å². The van der Waals surface area contributed by atoms with Crippen LogP contribution in [0.2, 0.25) is 5.02 Å². The van der Waals surface area contributed by atoms with Crippen LogP contribution in [-0.2, 0) is 0 Å². The second-order valence-electron chi connectivity index (χ2n) is 6.07. The highest BCUT2D eigenvalue weighted by molar-refractivity contribution is 6.31. The van der Waals surface area contributed by atoms with Crippen molar-refractivity contribution in [2.75, 3.05) is 24.5 Å². The lowest BCUT2D eigenvalue weighted by Crippen LogP contribution is -2.61. The standard InChI is InChI=1S/C16H23ClN2/c1-13-14(17)6-5-7-15(13)19-11-10-18-16(12-19)8-3-2-4-9-16/h5-7,18H,2-4,8-12H2,1H3. The zero-order valence-corrected chi connectivity index (χ0v) is 12.5. The Kier molecular flexibility index (Phi) is 3.72. The van der Waals surface area contributed by atoms with Gasteiger partial charge in [-0.2, -0.15) is 0 Å². The minimum absolute atomic E-state index is 0.352. The largest absolute Gasteiger partial charge is 0.368 e. The lowest BCUT2D eigenvalue weighted by atomic mass is 9.80. The van der Waals surface area contributed by atoms with Crippen molar-refractivity contribution in [3.05, 3.63) is 28.8 Å². The van der Waals surface area contributed by atoms with Crippen LogP contribution in [0.5, 0.6) is 0 Å². The van der Waals surface area contributed by atoms with Gasteiger partial charge in [0.05, 0.1) is 0 Å². The van der Waals surface area contributed by atoms with E-state index in [0.29, 0.717) is 5.54 Å². The van der Waals surface area contributed by atoms with E-state index >= 15 is 0 Å². The molecule has 1 N–H and O–H groups in total. The predicted octanol–water partition coefficient (Wildman–Crippen LogP) is 3.76. The first kappa shape index (κ1) is 13.3. The summed E-state index contributed by atoms with van der Waals surface area (Å²) in [4.78, 5) is 2.53. The van der Waals surface area contributed by atoms with E-state index in [4.69, 9.17) is 11.6 Å². The second kappa shape index (κ2) is 5.34. The van der Waals surface area contributed by atoms with E-state index in [1.807, 2.05) is 6.07 Å². The molecule has 0 bridgehead atoms. The molecule has 2 aliphatic rings. The lowest BCUT2D eigenvalue weighted by molar-refractivity contribution is 0.216. The van der Waals surface area contributed by atoms with Gasteiger partial charge in [0.2, 0.25) is 0 Å². The molecule has 3 rings (SSSR count). The molecule has 0 unspecified atom stereocenters. The van der Waals surface area contributed by atoms with Crippen LogP contribution in [0, 0.1) is 6.92 Å². The third-order valence-electron chi connectivity index (χ3n) is 4.77. The molecule has 0 radical (unpaired) electrons. The van der Waals surface area contributed by atoms with Gasteiger partial charge in [-0.1, -0.05) is 36.9 Å². The zero-order chi connectivity index (χ0) is 13.3. The molecule has 104 valence electrons. The SMILES string of the molecule is Cc1c(Cl)cccc1N1CCNC2(CCCCC2)C1. The van der Waals surface area contributed by atoms with Gasteiger partial charge in [0.15, 0.2) is 0 Å². The summed E-state index contributed by atoms with van der Waals surface area (Å²) in [6.45, 7) is 5.44. The summed E-state index contributed by atoms with van der Waals surface area (Å²) >= 11 is 6.27. The molecule has 1 aliphatic heterocycles. The predicted molar refractivity (Wildman–Crippen MR) is 82.2 cm³/mol. The number of anilines is 1. The average molecular weight is 279 g/mol. The molecule has 1 heterocycles. The van der Waals surface area contributed by atoms with E-state index in [1.54, 1.807) is 0 Å². The van der Waals surface area contributed by atoms with Crippen molar-refractivity contribution in [2.24, 2.45) is 0 Å². The maximum atomic E-state index is 6.27. The molecule has 19 heavy (non-hydrogen) atoms. The lowest BCUT2D eigenvalue weighted by Gasteiger charge is -2.47. The molecule has 0 amide bonds. The van der Waals surface area contributed by atoms with Gasteiger partial charge < -0.3 is 10.2 Å². The van der Waals surface area contributed by atoms with Crippen molar-refractivity contribution in [3.8, 4) is 0 Å². The number of nitrogens with zero attached hydrogens (tertiary/aromatic N) is 1. The number of rotatable bonds is 1. The van der Waals surface area contributed by atoms with Crippen molar-refractivity contribution in [2.45, 2.75) is 44.6 Å². The van der Waals surface area contributed by atoms with Gasteiger partial charge in [-0.25, -0.2) is 0 Å². The molecule has 2 fully saturated rings. The monoisotopic (exact) mass is 278 g/mol. The first-order valence-corrected chi connectivity index (χ1v) is 7.83. The molecule has 1 saturated heterocycles. The van der Waals surface area contributed by atoms with Crippen molar-refractivity contribution in [1.82, 2.24) is 5.32 Å². The summed E-state index contributed by atoms with van der Waals surface area (Å²) in [5.41, 5.74) is 2.89. The number of hydrogen-bond acceptors (Lipinski definition) is 2. The van der Waals surface area contributed by atoms with Gasteiger partial charge in [-0.05, 0) is 37.5 Å². The van der Waals surface area contributed by atoms with Gasteiger partial charge in [0, 0.05) is 35.9 Å². The first-order chi connectivity index (χ1) is 9.20. The van der Waals surface area contributed by atoms with E-state index in [2.05, 4.69) is 29.3 Å². The minimum atomic E-state index is 0.352. The van der Waals surface area contributed by atoms with Gasteiger partial charge in [0.25, 0.3) is 0 Å². The summed E-state index contributed by atoms with van der Waals surface area (Å²) < 4.78 is 0. The Morgan fingerprint density at radius 1 is 1.21 bits per heavy atom. The minimum Gasteiger partial charge on any atom is -0.368 e. The van der Waals surface area contributed by atoms with Crippen LogP contribution < -0.4 is 10.2 Å². The quantitative estimate of drug-likeness (QED) is 0.841. The Labute approximate surface area is 121 Å². The first-order valence-electron chi connectivity index (χ1n) is 7.45. The third-order valence-corrected chi connectivity index (χ3v) is 5.18. The fourth-order valence-corrected chi connectivity index (χ4v) is 3.83. The Bertz CT molecular complexity index is 447. The topological polar surface area (TPSA) is 15.3 Å². The van der Waals surface area contributed by atoms with E-state index in [0.717, 1.165) is 24.7 Å². The van der Waals surface area contributed by atoms with Crippen LogP contribution in [0.3, 0.4) is 0 Å². The molecule has 1 spiro atoms. The van der Waals surface area contributed by atoms with Crippen LogP contribution in [-0.4, -0.2) is 25.2 Å². The molecule has 0 aromatic heterocycles. The normalized spacial score (nSPS) is 22.7. The summed E-state index contributed by atoms with van der Waals surface area (Å²) in [6.07, 6.45) is 6.79. The van der Waals surface area contributed by atoms with E-state index in [-0.39, 0.29) is 0 Å². The number of benzene rings is 1. The second-order valence-corrected chi connectivity index (χ2v) is 6.48. The maximum Gasteiger partial charge on any atom is 0.0455 e. The molecule has 2 nitrogen and oxygen atoms in total. The highest BCUT2D eigenvalue weighted by atomic mass is 35.5. The van der Waals surface area contributed by atoms with Crippen molar-refractivity contribution < 1.29 is 0 Å². The number of halogens is 1. The summed E-state index contributed by atoms with van der Waals surface area (Å²) in [6, 6.07) is 6.27. The zero-order valence-electron chi connectivity index (χ0n) is 11.7. The molecule has 1 aromatic rings. The molecule has 1 aromatic carbocycles.